The molecule has 0 saturated carbocycles. The van der Waals surface area contributed by atoms with E-state index < -0.39 is 0 Å². The van der Waals surface area contributed by atoms with Gasteiger partial charge in [0.25, 0.3) is 0 Å². The molecule has 2 aromatic heterocycles. The van der Waals surface area contributed by atoms with Crippen molar-refractivity contribution in [3.63, 3.8) is 0 Å². The number of rotatable bonds is 1. The van der Waals surface area contributed by atoms with Crippen LogP contribution in [0.1, 0.15) is 25.3 Å². The highest BCUT2D eigenvalue weighted by Crippen LogP contribution is 2.38. The van der Waals surface area contributed by atoms with Crippen LogP contribution in [0.15, 0.2) is 12.3 Å². The van der Waals surface area contributed by atoms with Crippen molar-refractivity contribution >= 4 is 28.7 Å². The second-order valence-corrected chi connectivity index (χ2v) is 5.87. The number of pyridine rings is 1. The summed E-state index contributed by atoms with van der Waals surface area (Å²) >= 11 is 5.97. The standard InChI is InChI=1S/C13H16ClN5/c14-8-6-9-12(16-7-8)19(13(15)17-9)11-3-5-18-4-1-2-10(11)18/h6-7,10-11H,1-5H2,(H2,15,17). The van der Waals surface area contributed by atoms with Gasteiger partial charge in [-0.3, -0.25) is 9.47 Å². The molecule has 2 N–H and O–H groups in total. The van der Waals surface area contributed by atoms with Gasteiger partial charge >= 0.3 is 0 Å². The van der Waals surface area contributed by atoms with Crippen LogP contribution in [0.5, 0.6) is 0 Å². The minimum atomic E-state index is 0.404. The summed E-state index contributed by atoms with van der Waals surface area (Å²) in [6.07, 6.45) is 5.33. The van der Waals surface area contributed by atoms with E-state index in [9.17, 15) is 0 Å². The van der Waals surface area contributed by atoms with E-state index in [2.05, 4.69) is 19.4 Å². The first-order chi connectivity index (χ1) is 9.24. The van der Waals surface area contributed by atoms with Crippen molar-refractivity contribution in [3.05, 3.63) is 17.3 Å². The lowest BCUT2D eigenvalue weighted by atomic mass is 10.1. The van der Waals surface area contributed by atoms with Crippen LogP contribution in [0.3, 0.4) is 0 Å². The van der Waals surface area contributed by atoms with E-state index in [-0.39, 0.29) is 0 Å². The molecule has 2 aromatic rings. The normalized spacial score (nSPS) is 27.2. The summed E-state index contributed by atoms with van der Waals surface area (Å²) in [5.74, 6) is 0.559. The van der Waals surface area contributed by atoms with Crippen LogP contribution in [0.25, 0.3) is 11.2 Å². The molecule has 4 rings (SSSR count). The molecule has 0 radical (unpaired) electrons. The Bertz CT molecular complexity index is 637. The zero-order valence-corrected chi connectivity index (χ0v) is 11.3. The van der Waals surface area contributed by atoms with Gasteiger partial charge in [0.05, 0.1) is 11.1 Å². The molecule has 0 aromatic carbocycles. The number of nitrogen functional groups attached to an aromatic ring is 1. The first-order valence-corrected chi connectivity index (χ1v) is 7.15. The average molecular weight is 278 g/mol. The fourth-order valence-corrected chi connectivity index (χ4v) is 3.81. The quantitative estimate of drug-likeness (QED) is 0.867. The molecule has 19 heavy (non-hydrogen) atoms. The lowest BCUT2D eigenvalue weighted by molar-refractivity contribution is 0.293. The van der Waals surface area contributed by atoms with Gasteiger partial charge in [-0.1, -0.05) is 11.6 Å². The van der Waals surface area contributed by atoms with Crippen molar-refractivity contribution in [1.29, 1.82) is 0 Å². The molecular weight excluding hydrogens is 262 g/mol. The Hall–Kier alpha value is -1.33. The third-order valence-electron chi connectivity index (χ3n) is 4.43. The van der Waals surface area contributed by atoms with E-state index in [0.29, 0.717) is 23.1 Å². The zero-order chi connectivity index (χ0) is 13.0. The van der Waals surface area contributed by atoms with Gasteiger partial charge in [-0.05, 0) is 31.9 Å². The van der Waals surface area contributed by atoms with Crippen molar-refractivity contribution in [2.45, 2.75) is 31.3 Å². The summed E-state index contributed by atoms with van der Waals surface area (Å²) < 4.78 is 2.11. The van der Waals surface area contributed by atoms with Crippen molar-refractivity contribution in [2.75, 3.05) is 18.8 Å². The van der Waals surface area contributed by atoms with Crippen LogP contribution >= 0.6 is 11.6 Å². The first-order valence-electron chi connectivity index (χ1n) is 6.77. The number of aromatic nitrogens is 3. The zero-order valence-electron chi connectivity index (χ0n) is 10.6. The largest absolute Gasteiger partial charge is 0.369 e. The highest BCUT2D eigenvalue weighted by atomic mass is 35.5. The van der Waals surface area contributed by atoms with Crippen LogP contribution in [0.2, 0.25) is 5.02 Å². The number of anilines is 1. The van der Waals surface area contributed by atoms with E-state index >= 15 is 0 Å². The SMILES string of the molecule is Nc1nc2cc(Cl)cnc2n1C1CCN2CCCC12. The van der Waals surface area contributed by atoms with Crippen molar-refractivity contribution in [1.82, 2.24) is 19.4 Å². The Morgan fingerprint density at radius 1 is 1.26 bits per heavy atom. The van der Waals surface area contributed by atoms with Crippen LogP contribution < -0.4 is 5.73 Å². The summed E-state index contributed by atoms with van der Waals surface area (Å²) in [5.41, 5.74) is 7.77. The maximum Gasteiger partial charge on any atom is 0.202 e. The average Bonchev–Trinajstić information content (AvgIpc) is 3.02. The number of hydrogen-bond acceptors (Lipinski definition) is 4. The first kappa shape index (κ1) is 11.5. The van der Waals surface area contributed by atoms with Crippen LogP contribution in [-0.2, 0) is 0 Å². The van der Waals surface area contributed by atoms with E-state index in [1.807, 2.05) is 6.07 Å². The molecule has 0 amide bonds. The summed E-state index contributed by atoms with van der Waals surface area (Å²) in [4.78, 5) is 11.4. The number of fused-ring (bicyclic) bond motifs is 2. The van der Waals surface area contributed by atoms with Crippen LogP contribution in [0.4, 0.5) is 5.95 Å². The van der Waals surface area contributed by atoms with Gasteiger partial charge in [-0.2, -0.15) is 0 Å². The molecular formula is C13H16ClN5. The summed E-state index contributed by atoms with van der Waals surface area (Å²) in [7, 11) is 0. The maximum absolute atomic E-state index is 6.12. The predicted molar refractivity (Wildman–Crippen MR) is 75.2 cm³/mol. The summed E-state index contributed by atoms with van der Waals surface area (Å²) in [6.45, 7) is 2.37. The predicted octanol–water partition coefficient (Wildman–Crippen LogP) is 2.08. The smallest absolute Gasteiger partial charge is 0.202 e. The van der Waals surface area contributed by atoms with Crippen LogP contribution in [0, 0.1) is 0 Å². The molecule has 100 valence electrons. The Balaban J connectivity index is 1.84. The molecule has 5 nitrogen and oxygen atoms in total. The second kappa shape index (κ2) is 4.08. The molecule has 2 unspecified atom stereocenters. The molecule has 2 aliphatic rings. The molecule has 0 spiro atoms. The molecule has 0 aliphatic carbocycles. The Morgan fingerprint density at radius 2 is 2.16 bits per heavy atom. The Morgan fingerprint density at radius 3 is 3.05 bits per heavy atom. The van der Waals surface area contributed by atoms with Gasteiger partial charge in [0.15, 0.2) is 5.65 Å². The lowest BCUT2D eigenvalue weighted by Crippen LogP contribution is -2.28. The summed E-state index contributed by atoms with van der Waals surface area (Å²) in [5, 5.41) is 0.603. The molecule has 4 heterocycles. The van der Waals surface area contributed by atoms with E-state index in [4.69, 9.17) is 17.3 Å². The molecule has 2 saturated heterocycles. The van der Waals surface area contributed by atoms with E-state index in [1.165, 1.54) is 19.4 Å². The third kappa shape index (κ3) is 1.65. The van der Waals surface area contributed by atoms with Gasteiger partial charge < -0.3 is 5.73 Å². The molecule has 2 fully saturated rings. The van der Waals surface area contributed by atoms with Gasteiger partial charge in [0.2, 0.25) is 5.95 Å². The van der Waals surface area contributed by atoms with Gasteiger partial charge in [-0.15, -0.1) is 0 Å². The number of nitrogens with two attached hydrogens (primary N) is 1. The number of hydrogen-bond donors (Lipinski definition) is 1. The fourth-order valence-electron chi connectivity index (χ4n) is 3.66. The Labute approximate surface area is 116 Å². The molecule has 6 heteroatoms. The lowest BCUT2D eigenvalue weighted by Gasteiger charge is -2.22. The third-order valence-corrected chi connectivity index (χ3v) is 4.63. The van der Waals surface area contributed by atoms with Crippen molar-refractivity contribution < 1.29 is 0 Å². The summed E-state index contributed by atoms with van der Waals surface area (Å²) in [6, 6.07) is 2.83. The Kier molecular flexibility index (Phi) is 2.47. The number of imidazole rings is 1. The second-order valence-electron chi connectivity index (χ2n) is 5.44. The van der Waals surface area contributed by atoms with Crippen LogP contribution in [-0.4, -0.2) is 38.6 Å². The number of halogens is 1. The highest BCUT2D eigenvalue weighted by molar-refractivity contribution is 6.31. The van der Waals surface area contributed by atoms with Gasteiger partial charge in [0.1, 0.15) is 5.52 Å². The monoisotopic (exact) mass is 277 g/mol. The number of nitrogens with zero attached hydrogens (tertiary/aromatic N) is 4. The minimum Gasteiger partial charge on any atom is -0.369 e. The van der Waals surface area contributed by atoms with E-state index in [1.54, 1.807) is 6.20 Å². The van der Waals surface area contributed by atoms with Gasteiger partial charge in [0, 0.05) is 18.8 Å². The van der Waals surface area contributed by atoms with Crippen molar-refractivity contribution in [2.24, 2.45) is 0 Å². The topological polar surface area (TPSA) is 60.0 Å². The highest BCUT2D eigenvalue weighted by Gasteiger charge is 2.39. The minimum absolute atomic E-state index is 0.404. The maximum atomic E-state index is 6.12. The molecule has 2 atom stereocenters. The fraction of sp³-hybridized carbons (Fsp3) is 0.538. The van der Waals surface area contributed by atoms with Crippen molar-refractivity contribution in [3.8, 4) is 0 Å². The molecule has 2 aliphatic heterocycles. The van der Waals surface area contributed by atoms with Gasteiger partial charge in [-0.25, -0.2) is 9.97 Å². The molecule has 0 bridgehead atoms. The van der Waals surface area contributed by atoms with E-state index in [0.717, 1.165) is 24.1 Å².